The molecule has 2 aliphatic rings. The molecule has 3 aromatic carbocycles. The SMILES string of the molecule is COC(=O)C(c1ccc(Cl)cc1)(c1ccc(Cl)cc1)c1ccc2nc(C3CC3)n(C3CCC(NC(=O)OC(C)(C)C)CC3)c2c1. The molecule has 2 fully saturated rings. The van der Waals surface area contributed by atoms with Crippen molar-refractivity contribution in [3.05, 3.63) is 99.3 Å². The largest absolute Gasteiger partial charge is 0.468 e. The average molecular weight is 649 g/mol. The smallest absolute Gasteiger partial charge is 0.407 e. The van der Waals surface area contributed by atoms with Crippen molar-refractivity contribution in [2.75, 3.05) is 7.11 Å². The average Bonchev–Trinajstić information content (AvgIpc) is 3.78. The molecule has 4 aromatic rings. The van der Waals surface area contributed by atoms with Crippen LogP contribution in [-0.4, -0.2) is 40.4 Å². The number of hydrogen-bond acceptors (Lipinski definition) is 5. The van der Waals surface area contributed by atoms with Crippen molar-refractivity contribution >= 4 is 46.3 Å². The third-order valence-electron chi connectivity index (χ3n) is 8.92. The molecule has 1 N–H and O–H groups in total. The lowest BCUT2D eigenvalue weighted by atomic mass is 9.69. The summed E-state index contributed by atoms with van der Waals surface area (Å²) in [6.07, 6.45) is 5.34. The third kappa shape index (κ3) is 6.30. The fourth-order valence-corrected chi connectivity index (χ4v) is 6.97. The zero-order chi connectivity index (χ0) is 31.9. The molecular formula is C36H39Cl2N3O4. The highest BCUT2D eigenvalue weighted by molar-refractivity contribution is 6.30. The van der Waals surface area contributed by atoms with Crippen molar-refractivity contribution in [1.29, 1.82) is 0 Å². The first kappa shape index (κ1) is 31.4. The summed E-state index contributed by atoms with van der Waals surface area (Å²) in [4.78, 5) is 31.7. The molecule has 2 saturated carbocycles. The number of nitrogens with one attached hydrogen (secondary N) is 1. The van der Waals surface area contributed by atoms with Gasteiger partial charge < -0.3 is 19.4 Å². The second-order valence-electron chi connectivity index (χ2n) is 13.2. The molecule has 2 aliphatic carbocycles. The van der Waals surface area contributed by atoms with Crippen LogP contribution in [0.15, 0.2) is 66.7 Å². The Balaban J connectivity index is 1.43. The number of halogens is 2. The Bertz CT molecular complexity index is 1650. The zero-order valence-electron chi connectivity index (χ0n) is 26.1. The fraction of sp³-hybridized carbons (Fsp3) is 0.417. The maximum Gasteiger partial charge on any atom is 0.407 e. The van der Waals surface area contributed by atoms with Gasteiger partial charge in [0, 0.05) is 28.0 Å². The Morgan fingerprint density at radius 3 is 1.89 bits per heavy atom. The number of benzene rings is 3. The van der Waals surface area contributed by atoms with E-state index < -0.39 is 17.0 Å². The standard InChI is InChI=1S/C36H39Cl2N3O4/c1-35(2,3)45-34(43)39-28-16-18-29(19-17-28)41-31-21-25(11-20-30(31)40-32(41)22-5-6-22)36(33(42)44-4,23-7-12-26(37)13-8-23)24-9-14-27(38)15-10-24/h7-15,20-22,28-29H,5-6,16-19H2,1-4H3,(H,39,43). The Morgan fingerprint density at radius 1 is 0.822 bits per heavy atom. The van der Waals surface area contributed by atoms with Gasteiger partial charge >= 0.3 is 12.1 Å². The van der Waals surface area contributed by atoms with E-state index in [1.54, 1.807) is 24.3 Å². The second kappa shape index (κ2) is 12.3. The van der Waals surface area contributed by atoms with E-state index in [2.05, 4.69) is 16.0 Å². The van der Waals surface area contributed by atoms with Crippen LogP contribution in [0.5, 0.6) is 0 Å². The van der Waals surface area contributed by atoms with Gasteiger partial charge in [-0.05, 0) is 112 Å². The van der Waals surface area contributed by atoms with Gasteiger partial charge in [-0.25, -0.2) is 9.78 Å². The molecule has 1 aromatic heterocycles. The van der Waals surface area contributed by atoms with Gasteiger partial charge in [0.1, 0.15) is 16.8 Å². The molecule has 0 bridgehead atoms. The lowest BCUT2D eigenvalue weighted by molar-refractivity contribution is -0.144. The van der Waals surface area contributed by atoms with E-state index in [4.69, 9.17) is 37.7 Å². The van der Waals surface area contributed by atoms with E-state index in [-0.39, 0.29) is 18.2 Å². The number of nitrogens with zero attached hydrogens (tertiary/aromatic N) is 2. The topological polar surface area (TPSA) is 82.5 Å². The van der Waals surface area contributed by atoms with Crippen molar-refractivity contribution in [1.82, 2.24) is 14.9 Å². The summed E-state index contributed by atoms with van der Waals surface area (Å²) in [5.74, 6) is 1.12. The first-order valence-electron chi connectivity index (χ1n) is 15.6. The molecule has 1 amide bonds. The van der Waals surface area contributed by atoms with Crippen molar-refractivity contribution in [2.24, 2.45) is 0 Å². The van der Waals surface area contributed by atoms with Crippen LogP contribution >= 0.6 is 23.2 Å². The number of carbonyl (C=O) groups is 2. The number of aromatic nitrogens is 2. The molecule has 7 nitrogen and oxygen atoms in total. The number of rotatable bonds is 7. The van der Waals surface area contributed by atoms with Crippen molar-refractivity contribution in [3.8, 4) is 0 Å². The second-order valence-corrected chi connectivity index (χ2v) is 14.1. The van der Waals surface area contributed by atoms with Crippen LogP contribution in [0.3, 0.4) is 0 Å². The number of carbonyl (C=O) groups excluding carboxylic acids is 2. The summed E-state index contributed by atoms with van der Waals surface area (Å²) in [7, 11) is 1.42. The van der Waals surface area contributed by atoms with Gasteiger partial charge in [-0.3, -0.25) is 4.79 Å². The molecule has 1 heterocycles. The van der Waals surface area contributed by atoms with Gasteiger partial charge in [-0.15, -0.1) is 0 Å². The quantitative estimate of drug-likeness (QED) is 0.160. The van der Waals surface area contributed by atoms with E-state index in [0.29, 0.717) is 16.0 Å². The van der Waals surface area contributed by atoms with Gasteiger partial charge in [0.15, 0.2) is 0 Å². The maximum absolute atomic E-state index is 14.1. The van der Waals surface area contributed by atoms with Gasteiger partial charge in [-0.2, -0.15) is 0 Å². The Kier molecular flexibility index (Phi) is 8.61. The summed E-state index contributed by atoms with van der Waals surface area (Å²) < 4.78 is 13.5. The van der Waals surface area contributed by atoms with E-state index in [0.717, 1.165) is 72.1 Å². The molecule has 45 heavy (non-hydrogen) atoms. The zero-order valence-corrected chi connectivity index (χ0v) is 27.6. The number of esters is 1. The van der Waals surface area contributed by atoms with E-state index in [1.807, 2.05) is 57.2 Å². The first-order chi connectivity index (χ1) is 21.5. The summed E-state index contributed by atoms with van der Waals surface area (Å²) in [5.41, 5.74) is 2.34. The minimum atomic E-state index is -1.28. The third-order valence-corrected chi connectivity index (χ3v) is 9.42. The molecule has 0 radical (unpaired) electrons. The van der Waals surface area contributed by atoms with E-state index in [9.17, 15) is 9.59 Å². The van der Waals surface area contributed by atoms with Crippen LogP contribution in [-0.2, 0) is 19.7 Å². The predicted molar refractivity (Wildman–Crippen MR) is 177 cm³/mol. The van der Waals surface area contributed by atoms with Crippen LogP contribution in [0.4, 0.5) is 4.79 Å². The Hall–Kier alpha value is -3.55. The van der Waals surface area contributed by atoms with Crippen LogP contribution in [0.2, 0.25) is 10.0 Å². The highest BCUT2D eigenvalue weighted by Gasteiger charge is 2.46. The summed E-state index contributed by atoms with van der Waals surface area (Å²) in [6.45, 7) is 5.61. The number of fused-ring (bicyclic) bond motifs is 1. The fourth-order valence-electron chi connectivity index (χ4n) is 6.72. The molecule has 236 valence electrons. The molecule has 9 heteroatoms. The minimum Gasteiger partial charge on any atom is -0.468 e. The molecule has 0 unspecified atom stereocenters. The van der Waals surface area contributed by atoms with Crippen LogP contribution in [0.25, 0.3) is 11.0 Å². The highest BCUT2D eigenvalue weighted by Crippen LogP contribution is 2.46. The number of hydrogen-bond donors (Lipinski definition) is 1. The number of imidazole rings is 1. The van der Waals surface area contributed by atoms with E-state index in [1.165, 1.54) is 7.11 Å². The lowest BCUT2D eigenvalue weighted by Gasteiger charge is -2.34. The highest BCUT2D eigenvalue weighted by atomic mass is 35.5. The normalized spacial score (nSPS) is 18.9. The summed E-state index contributed by atoms with van der Waals surface area (Å²) in [5, 5.41) is 4.22. The number of ether oxygens (including phenoxy) is 2. The van der Waals surface area contributed by atoms with Crippen molar-refractivity contribution < 1.29 is 19.1 Å². The molecule has 6 rings (SSSR count). The number of amides is 1. The molecule has 0 aliphatic heterocycles. The summed E-state index contributed by atoms with van der Waals surface area (Å²) >= 11 is 12.6. The van der Waals surface area contributed by atoms with Crippen molar-refractivity contribution in [3.63, 3.8) is 0 Å². The molecule has 0 atom stereocenters. The number of alkyl carbamates (subject to hydrolysis) is 1. The summed E-state index contributed by atoms with van der Waals surface area (Å²) in [6, 6.07) is 21.1. The van der Waals surface area contributed by atoms with Gasteiger partial charge in [-0.1, -0.05) is 53.5 Å². The van der Waals surface area contributed by atoms with E-state index >= 15 is 0 Å². The minimum absolute atomic E-state index is 0.0626. The molecule has 0 spiro atoms. The van der Waals surface area contributed by atoms with Crippen molar-refractivity contribution in [2.45, 2.75) is 88.3 Å². The predicted octanol–water partition coefficient (Wildman–Crippen LogP) is 8.74. The molecule has 0 saturated heterocycles. The van der Waals surface area contributed by atoms with Crippen LogP contribution < -0.4 is 5.32 Å². The molecular weight excluding hydrogens is 609 g/mol. The Labute approximate surface area is 274 Å². The Morgan fingerprint density at radius 2 is 1.38 bits per heavy atom. The lowest BCUT2D eigenvalue weighted by Crippen LogP contribution is -2.41. The van der Waals surface area contributed by atoms with Crippen LogP contribution in [0.1, 0.15) is 93.8 Å². The van der Waals surface area contributed by atoms with Gasteiger partial charge in [0.25, 0.3) is 0 Å². The van der Waals surface area contributed by atoms with Crippen LogP contribution in [0, 0.1) is 0 Å². The maximum atomic E-state index is 14.1. The monoisotopic (exact) mass is 647 g/mol. The van der Waals surface area contributed by atoms with Gasteiger partial charge in [0.2, 0.25) is 0 Å². The first-order valence-corrected chi connectivity index (χ1v) is 16.4. The number of methoxy groups -OCH3 is 1. The van der Waals surface area contributed by atoms with Gasteiger partial charge in [0.05, 0.1) is 18.1 Å².